The minimum Gasteiger partial charge on any atom is -0.376 e. The van der Waals surface area contributed by atoms with Gasteiger partial charge in [0, 0.05) is 12.7 Å². The van der Waals surface area contributed by atoms with Gasteiger partial charge in [-0.05, 0) is 60.7 Å². The molecule has 2 heterocycles. The van der Waals surface area contributed by atoms with Crippen LogP contribution in [0.4, 0.5) is 5.82 Å². The number of anilines is 1. The lowest BCUT2D eigenvalue weighted by Gasteiger charge is -2.32. The smallest absolute Gasteiger partial charge is 0.140 e. The minimum atomic E-state index is 0.373. The number of rotatable bonds is 3. The zero-order chi connectivity index (χ0) is 12.3. The summed E-state index contributed by atoms with van der Waals surface area (Å²) in [5.74, 6) is 1.60. The average molecular weight is 299 g/mol. The molecule has 0 amide bonds. The van der Waals surface area contributed by atoms with Crippen LogP contribution in [0.3, 0.4) is 0 Å². The monoisotopic (exact) mass is 298 g/mol. The predicted octanol–water partition coefficient (Wildman–Crippen LogP) is 3.46. The minimum absolute atomic E-state index is 0.373. The summed E-state index contributed by atoms with van der Waals surface area (Å²) in [4.78, 5) is 4.31. The van der Waals surface area contributed by atoms with Crippen LogP contribution in [0.15, 0.2) is 22.8 Å². The molecule has 4 heteroatoms. The molecule has 1 aromatic heterocycles. The molecule has 1 unspecified atom stereocenters. The van der Waals surface area contributed by atoms with Crippen LogP contribution in [0.2, 0.25) is 0 Å². The lowest BCUT2D eigenvalue weighted by Crippen LogP contribution is -2.32. The zero-order valence-corrected chi connectivity index (χ0v) is 11.9. The molecular weight excluding hydrogens is 280 g/mol. The Balaban J connectivity index is 1.88. The number of halogens is 1. The number of hydrogen-bond donors (Lipinski definition) is 1. The van der Waals surface area contributed by atoms with E-state index in [-0.39, 0.29) is 0 Å². The molecular formula is C13H19BrN2O. The van der Waals surface area contributed by atoms with Crippen molar-refractivity contribution < 1.29 is 4.74 Å². The van der Waals surface area contributed by atoms with E-state index in [0.717, 1.165) is 29.7 Å². The van der Waals surface area contributed by atoms with E-state index in [0.29, 0.717) is 18.1 Å². The molecule has 0 spiro atoms. The summed E-state index contributed by atoms with van der Waals surface area (Å²) in [6, 6.07) is 3.93. The van der Waals surface area contributed by atoms with Crippen molar-refractivity contribution in [2.24, 2.45) is 5.92 Å². The highest BCUT2D eigenvalue weighted by molar-refractivity contribution is 9.10. The van der Waals surface area contributed by atoms with E-state index in [9.17, 15) is 0 Å². The van der Waals surface area contributed by atoms with Crippen molar-refractivity contribution in [2.75, 3.05) is 11.9 Å². The molecule has 1 aliphatic heterocycles. The second-order valence-electron chi connectivity index (χ2n) is 4.81. The number of aromatic nitrogens is 1. The Morgan fingerprint density at radius 2 is 2.12 bits per heavy atom. The number of pyridine rings is 1. The Labute approximate surface area is 111 Å². The van der Waals surface area contributed by atoms with Crippen molar-refractivity contribution in [1.82, 2.24) is 4.98 Å². The summed E-state index contributed by atoms with van der Waals surface area (Å²) in [5.41, 5.74) is 0. The van der Waals surface area contributed by atoms with Crippen molar-refractivity contribution >= 4 is 21.7 Å². The summed E-state index contributed by atoms with van der Waals surface area (Å²) in [5, 5.41) is 3.41. The summed E-state index contributed by atoms with van der Waals surface area (Å²) < 4.78 is 6.76. The fraction of sp³-hybridized carbons (Fsp3) is 0.615. The highest BCUT2D eigenvalue weighted by Gasteiger charge is 2.24. The molecule has 2 rings (SSSR count). The highest BCUT2D eigenvalue weighted by atomic mass is 79.9. The quantitative estimate of drug-likeness (QED) is 0.928. The second-order valence-corrected chi connectivity index (χ2v) is 5.66. The Bertz CT molecular complexity index is 362. The third kappa shape index (κ3) is 3.68. The van der Waals surface area contributed by atoms with E-state index in [2.05, 4.69) is 40.1 Å². The van der Waals surface area contributed by atoms with E-state index >= 15 is 0 Å². The molecule has 1 saturated heterocycles. The van der Waals surface area contributed by atoms with Crippen LogP contribution in [0, 0.1) is 5.92 Å². The first-order valence-corrected chi connectivity index (χ1v) is 6.94. The first-order valence-electron chi connectivity index (χ1n) is 6.15. The van der Waals surface area contributed by atoms with E-state index < -0.39 is 0 Å². The summed E-state index contributed by atoms with van der Waals surface area (Å²) in [6.45, 7) is 5.27. The number of hydrogen-bond acceptors (Lipinski definition) is 3. The molecule has 3 atom stereocenters. The van der Waals surface area contributed by atoms with Gasteiger partial charge in [-0.15, -0.1) is 0 Å². The lowest BCUT2D eigenvalue weighted by molar-refractivity contribution is -0.0495. The summed E-state index contributed by atoms with van der Waals surface area (Å²) in [6.07, 6.45) is 4.81. The average Bonchev–Trinajstić information content (AvgIpc) is 2.27. The number of nitrogens with one attached hydrogen (secondary N) is 1. The molecule has 0 aromatic carbocycles. The molecule has 0 radical (unpaired) electrons. The summed E-state index contributed by atoms with van der Waals surface area (Å²) >= 11 is 3.50. The molecule has 0 bridgehead atoms. The van der Waals surface area contributed by atoms with Crippen LogP contribution in [-0.2, 0) is 4.74 Å². The van der Waals surface area contributed by atoms with Gasteiger partial charge < -0.3 is 10.1 Å². The molecule has 0 saturated carbocycles. The normalized spacial score (nSPS) is 29.0. The predicted molar refractivity (Wildman–Crippen MR) is 73.2 cm³/mol. The fourth-order valence-corrected chi connectivity index (χ4v) is 2.86. The molecule has 1 fully saturated rings. The van der Waals surface area contributed by atoms with Crippen LogP contribution in [0.5, 0.6) is 0 Å². The van der Waals surface area contributed by atoms with Crippen molar-refractivity contribution in [2.45, 2.75) is 38.9 Å². The molecule has 1 aliphatic rings. The van der Waals surface area contributed by atoms with Gasteiger partial charge in [-0.2, -0.15) is 0 Å². The maximum absolute atomic E-state index is 5.74. The topological polar surface area (TPSA) is 34.2 Å². The van der Waals surface area contributed by atoms with Gasteiger partial charge >= 0.3 is 0 Å². The van der Waals surface area contributed by atoms with Crippen LogP contribution < -0.4 is 5.32 Å². The molecule has 3 nitrogen and oxygen atoms in total. The molecule has 0 aliphatic carbocycles. The van der Waals surface area contributed by atoms with Crippen LogP contribution in [0.1, 0.15) is 26.7 Å². The molecule has 1 N–H and O–H groups in total. The highest BCUT2D eigenvalue weighted by Crippen LogP contribution is 2.26. The van der Waals surface area contributed by atoms with Crippen LogP contribution in [-0.4, -0.2) is 23.7 Å². The van der Waals surface area contributed by atoms with E-state index in [4.69, 9.17) is 4.74 Å². The Morgan fingerprint density at radius 3 is 2.76 bits per heavy atom. The Hall–Kier alpha value is -0.610. The van der Waals surface area contributed by atoms with E-state index in [1.54, 1.807) is 0 Å². The third-order valence-corrected chi connectivity index (χ3v) is 3.75. The Morgan fingerprint density at radius 1 is 1.41 bits per heavy atom. The van der Waals surface area contributed by atoms with Crippen molar-refractivity contribution in [1.29, 1.82) is 0 Å². The molecule has 17 heavy (non-hydrogen) atoms. The van der Waals surface area contributed by atoms with Gasteiger partial charge in [0.25, 0.3) is 0 Å². The number of nitrogens with zero attached hydrogens (tertiary/aromatic N) is 1. The SMILES string of the molecule is C[C@@H]1CC(CNc2ncccc2Br)C[C@H](C)O1. The van der Waals surface area contributed by atoms with Gasteiger partial charge in [0.15, 0.2) is 0 Å². The van der Waals surface area contributed by atoms with E-state index in [1.165, 1.54) is 0 Å². The van der Waals surface area contributed by atoms with Crippen LogP contribution in [0.25, 0.3) is 0 Å². The van der Waals surface area contributed by atoms with E-state index in [1.807, 2.05) is 18.3 Å². The van der Waals surface area contributed by atoms with Gasteiger partial charge in [0.2, 0.25) is 0 Å². The molecule has 94 valence electrons. The molecule has 1 aromatic rings. The van der Waals surface area contributed by atoms with Crippen molar-refractivity contribution in [3.63, 3.8) is 0 Å². The third-order valence-electron chi connectivity index (χ3n) is 3.11. The van der Waals surface area contributed by atoms with Gasteiger partial charge in [0.05, 0.1) is 16.7 Å². The standard InChI is InChI=1S/C13H19BrN2O/c1-9-6-11(7-10(2)17-9)8-16-13-12(14)4-3-5-15-13/h3-5,9-11H,6-8H2,1-2H3,(H,15,16)/t9-,10+,11?. The second kappa shape index (κ2) is 5.83. The first-order chi connectivity index (χ1) is 8.15. The summed E-state index contributed by atoms with van der Waals surface area (Å²) in [7, 11) is 0. The maximum atomic E-state index is 5.74. The lowest BCUT2D eigenvalue weighted by atomic mass is 9.92. The maximum Gasteiger partial charge on any atom is 0.140 e. The fourth-order valence-electron chi connectivity index (χ4n) is 2.47. The largest absolute Gasteiger partial charge is 0.376 e. The number of ether oxygens (including phenoxy) is 1. The van der Waals surface area contributed by atoms with Crippen molar-refractivity contribution in [3.8, 4) is 0 Å². The van der Waals surface area contributed by atoms with Gasteiger partial charge in [0.1, 0.15) is 5.82 Å². The zero-order valence-electron chi connectivity index (χ0n) is 10.3. The van der Waals surface area contributed by atoms with Gasteiger partial charge in [-0.3, -0.25) is 0 Å². The Kier molecular flexibility index (Phi) is 4.40. The van der Waals surface area contributed by atoms with Gasteiger partial charge in [-0.1, -0.05) is 0 Å². The van der Waals surface area contributed by atoms with Gasteiger partial charge in [-0.25, -0.2) is 4.98 Å². The first kappa shape index (κ1) is 12.8. The van der Waals surface area contributed by atoms with Crippen LogP contribution >= 0.6 is 15.9 Å². The van der Waals surface area contributed by atoms with Crippen molar-refractivity contribution in [3.05, 3.63) is 22.8 Å².